The van der Waals surface area contributed by atoms with E-state index in [1.54, 1.807) is 12.1 Å². The summed E-state index contributed by atoms with van der Waals surface area (Å²) in [4.78, 5) is 14.5. The van der Waals surface area contributed by atoms with Gasteiger partial charge in [-0.2, -0.15) is 0 Å². The van der Waals surface area contributed by atoms with E-state index >= 15 is 0 Å². The van der Waals surface area contributed by atoms with Crippen molar-refractivity contribution >= 4 is 22.6 Å². The number of nitrogens with two attached hydrogens (primary N) is 1. The quantitative estimate of drug-likeness (QED) is 0.869. The van der Waals surface area contributed by atoms with E-state index in [1.807, 2.05) is 30.9 Å². The first-order valence-electron chi connectivity index (χ1n) is 7.14. The standard InChI is InChI=1S/C16H20N2O2/c1-10(2)18(9-11-3-4-11)16(19)15-8-12-7-13(17)5-6-14(12)20-15/h5-8,10-11H,3-4,9,17H2,1-2H3. The summed E-state index contributed by atoms with van der Waals surface area (Å²) < 4.78 is 5.67. The third kappa shape index (κ3) is 2.50. The molecule has 2 N–H and O–H groups in total. The van der Waals surface area contributed by atoms with Crippen molar-refractivity contribution in [1.82, 2.24) is 4.90 Å². The monoisotopic (exact) mass is 272 g/mol. The zero-order valence-electron chi connectivity index (χ0n) is 11.9. The molecule has 1 aliphatic rings. The number of anilines is 1. The molecule has 0 atom stereocenters. The Kier molecular flexibility index (Phi) is 3.16. The summed E-state index contributed by atoms with van der Waals surface area (Å²) in [5, 5.41) is 0.878. The van der Waals surface area contributed by atoms with Crippen LogP contribution >= 0.6 is 0 Å². The van der Waals surface area contributed by atoms with Crippen LogP contribution in [0.25, 0.3) is 11.0 Å². The highest BCUT2D eigenvalue weighted by Crippen LogP contribution is 2.31. The average molecular weight is 272 g/mol. The van der Waals surface area contributed by atoms with E-state index in [0.717, 1.165) is 11.9 Å². The number of hydrogen-bond donors (Lipinski definition) is 1. The number of nitrogen functional groups attached to an aromatic ring is 1. The zero-order valence-corrected chi connectivity index (χ0v) is 11.9. The molecule has 0 spiro atoms. The molecular weight excluding hydrogens is 252 g/mol. The molecule has 3 rings (SSSR count). The molecule has 0 aliphatic heterocycles. The van der Waals surface area contributed by atoms with Crippen LogP contribution in [0.15, 0.2) is 28.7 Å². The second-order valence-electron chi connectivity index (χ2n) is 5.90. The molecule has 1 fully saturated rings. The number of hydrogen-bond acceptors (Lipinski definition) is 3. The van der Waals surface area contributed by atoms with E-state index in [2.05, 4.69) is 0 Å². The van der Waals surface area contributed by atoms with Crippen molar-refractivity contribution in [2.45, 2.75) is 32.7 Å². The Morgan fingerprint density at radius 1 is 1.40 bits per heavy atom. The van der Waals surface area contributed by atoms with Crippen LogP contribution in [-0.4, -0.2) is 23.4 Å². The highest BCUT2D eigenvalue weighted by atomic mass is 16.3. The lowest BCUT2D eigenvalue weighted by Crippen LogP contribution is -2.38. The Hall–Kier alpha value is -1.97. The summed E-state index contributed by atoms with van der Waals surface area (Å²) in [5.41, 5.74) is 7.14. The number of fused-ring (bicyclic) bond motifs is 1. The van der Waals surface area contributed by atoms with E-state index in [1.165, 1.54) is 12.8 Å². The van der Waals surface area contributed by atoms with Crippen molar-refractivity contribution < 1.29 is 9.21 Å². The molecule has 2 aromatic rings. The molecule has 0 saturated heterocycles. The largest absolute Gasteiger partial charge is 0.451 e. The minimum atomic E-state index is -0.0262. The van der Waals surface area contributed by atoms with Crippen LogP contribution in [0.4, 0.5) is 5.69 Å². The molecule has 4 nitrogen and oxygen atoms in total. The topological polar surface area (TPSA) is 59.5 Å². The summed E-state index contributed by atoms with van der Waals surface area (Å²) in [5.74, 6) is 1.04. The summed E-state index contributed by atoms with van der Waals surface area (Å²) in [6.45, 7) is 4.91. The number of rotatable bonds is 4. The fourth-order valence-corrected chi connectivity index (χ4v) is 2.42. The SMILES string of the molecule is CC(C)N(CC1CC1)C(=O)c1cc2cc(N)ccc2o1. The van der Waals surface area contributed by atoms with E-state index < -0.39 is 0 Å². The van der Waals surface area contributed by atoms with Gasteiger partial charge in [-0.05, 0) is 56.9 Å². The van der Waals surface area contributed by atoms with Crippen LogP contribution in [-0.2, 0) is 0 Å². The van der Waals surface area contributed by atoms with Gasteiger partial charge in [0.15, 0.2) is 5.76 Å². The van der Waals surface area contributed by atoms with Gasteiger partial charge < -0.3 is 15.1 Å². The molecule has 4 heteroatoms. The summed E-state index contributed by atoms with van der Waals surface area (Å²) in [6.07, 6.45) is 2.46. The maximum atomic E-state index is 12.6. The molecule has 0 unspecified atom stereocenters. The fourth-order valence-electron chi connectivity index (χ4n) is 2.42. The predicted octanol–water partition coefficient (Wildman–Crippen LogP) is 3.28. The maximum absolute atomic E-state index is 12.6. The normalized spacial score (nSPS) is 14.9. The fraction of sp³-hybridized carbons (Fsp3) is 0.438. The summed E-state index contributed by atoms with van der Waals surface area (Å²) in [7, 11) is 0. The van der Waals surface area contributed by atoms with E-state index in [0.29, 0.717) is 22.9 Å². The molecule has 1 amide bonds. The number of furan rings is 1. The maximum Gasteiger partial charge on any atom is 0.289 e. The summed E-state index contributed by atoms with van der Waals surface area (Å²) >= 11 is 0. The van der Waals surface area contributed by atoms with Gasteiger partial charge in [0.2, 0.25) is 0 Å². The third-order valence-electron chi connectivity index (χ3n) is 3.79. The van der Waals surface area contributed by atoms with E-state index in [4.69, 9.17) is 10.2 Å². The van der Waals surface area contributed by atoms with Crippen LogP contribution in [0.1, 0.15) is 37.2 Å². The van der Waals surface area contributed by atoms with Gasteiger partial charge in [-0.25, -0.2) is 0 Å². The van der Waals surface area contributed by atoms with Crippen molar-refractivity contribution in [3.63, 3.8) is 0 Å². The van der Waals surface area contributed by atoms with Gasteiger partial charge in [0.25, 0.3) is 5.91 Å². The Morgan fingerprint density at radius 2 is 2.15 bits per heavy atom. The molecule has 1 aromatic carbocycles. The Morgan fingerprint density at radius 3 is 2.80 bits per heavy atom. The van der Waals surface area contributed by atoms with Gasteiger partial charge in [0, 0.05) is 23.7 Å². The van der Waals surface area contributed by atoms with Gasteiger partial charge in [-0.1, -0.05) is 0 Å². The number of nitrogens with zero attached hydrogens (tertiary/aromatic N) is 1. The highest BCUT2D eigenvalue weighted by Gasteiger charge is 2.30. The van der Waals surface area contributed by atoms with Gasteiger partial charge in [0.05, 0.1) is 0 Å². The van der Waals surface area contributed by atoms with Crippen molar-refractivity contribution in [2.75, 3.05) is 12.3 Å². The molecule has 1 saturated carbocycles. The predicted molar refractivity (Wildman–Crippen MR) is 79.5 cm³/mol. The van der Waals surface area contributed by atoms with Crippen LogP contribution in [0.3, 0.4) is 0 Å². The Balaban J connectivity index is 1.89. The smallest absolute Gasteiger partial charge is 0.289 e. The lowest BCUT2D eigenvalue weighted by atomic mass is 10.2. The van der Waals surface area contributed by atoms with Crippen molar-refractivity contribution in [2.24, 2.45) is 5.92 Å². The van der Waals surface area contributed by atoms with Crippen molar-refractivity contribution in [1.29, 1.82) is 0 Å². The number of carbonyl (C=O) groups excluding carboxylic acids is 1. The Labute approximate surface area is 118 Å². The van der Waals surface area contributed by atoms with Crippen molar-refractivity contribution in [3.05, 3.63) is 30.0 Å². The average Bonchev–Trinajstić information content (AvgIpc) is 3.12. The van der Waals surface area contributed by atoms with Crippen LogP contribution < -0.4 is 5.73 Å². The lowest BCUT2D eigenvalue weighted by Gasteiger charge is -2.25. The van der Waals surface area contributed by atoms with Crippen molar-refractivity contribution in [3.8, 4) is 0 Å². The number of amides is 1. The number of carbonyl (C=O) groups is 1. The first kappa shape index (κ1) is 13.0. The minimum Gasteiger partial charge on any atom is -0.451 e. The molecule has 106 valence electrons. The third-order valence-corrected chi connectivity index (χ3v) is 3.79. The molecular formula is C16H20N2O2. The van der Waals surface area contributed by atoms with Crippen LogP contribution in [0.5, 0.6) is 0 Å². The molecule has 0 radical (unpaired) electrons. The highest BCUT2D eigenvalue weighted by molar-refractivity contribution is 5.96. The van der Waals surface area contributed by atoms with Gasteiger partial charge >= 0.3 is 0 Å². The van der Waals surface area contributed by atoms with E-state index in [-0.39, 0.29) is 11.9 Å². The molecule has 1 aromatic heterocycles. The van der Waals surface area contributed by atoms with Gasteiger partial charge in [-0.3, -0.25) is 4.79 Å². The van der Waals surface area contributed by atoms with Gasteiger partial charge in [-0.15, -0.1) is 0 Å². The summed E-state index contributed by atoms with van der Waals surface area (Å²) in [6, 6.07) is 7.39. The second-order valence-corrected chi connectivity index (χ2v) is 5.90. The first-order chi connectivity index (χ1) is 9.54. The molecule has 20 heavy (non-hydrogen) atoms. The van der Waals surface area contributed by atoms with E-state index in [9.17, 15) is 4.79 Å². The zero-order chi connectivity index (χ0) is 14.3. The minimum absolute atomic E-state index is 0.0262. The molecule has 1 aliphatic carbocycles. The van der Waals surface area contributed by atoms with Gasteiger partial charge in [0.1, 0.15) is 5.58 Å². The Bertz CT molecular complexity index is 641. The van der Waals surface area contributed by atoms with Crippen LogP contribution in [0, 0.1) is 5.92 Å². The first-order valence-corrected chi connectivity index (χ1v) is 7.14. The second kappa shape index (κ2) is 4.85. The van der Waals surface area contributed by atoms with Crippen LogP contribution in [0.2, 0.25) is 0 Å². The molecule has 1 heterocycles. The molecule has 0 bridgehead atoms. The lowest BCUT2D eigenvalue weighted by molar-refractivity contribution is 0.0666. The number of benzene rings is 1.